The molecule has 0 aromatic heterocycles. The Balaban J connectivity index is 2.06. The molecule has 7 heteroatoms. The number of benzene rings is 2. The maximum atomic E-state index is 13.3. The first-order valence-electron chi connectivity index (χ1n) is 8.35. The second kappa shape index (κ2) is 7.49. The predicted molar refractivity (Wildman–Crippen MR) is 98.9 cm³/mol. The summed E-state index contributed by atoms with van der Waals surface area (Å²) in [5.74, 6) is -0.248. The number of carbonyl (C=O) groups excluding carboxylic acids is 2. The second-order valence-corrected chi connectivity index (χ2v) is 5.81. The molecule has 27 heavy (non-hydrogen) atoms. The SMILES string of the molecule is CCN1C(=O)C(Nc2ccc(OC)c(OC)c2)=C(c2ccc(F)cc2)C1=O. The lowest BCUT2D eigenvalue weighted by molar-refractivity contribution is -0.136. The van der Waals surface area contributed by atoms with Gasteiger partial charge in [-0.05, 0) is 36.8 Å². The predicted octanol–water partition coefficient (Wildman–Crippen LogP) is 3.05. The highest BCUT2D eigenvalue weighted by atomic mass is 19.1. The third-order valence-corrected chi connectivity index (χ3v) is 4.27. The first-order valence-corrected chi connectivity index (χ1v) is 8.35. The van der Waals surface area contributed by atoms with Crippen LogP contribution < -0.4 is 14.8 Å². The zero-order chi connectivity index (χ0) is 19.6. The van der Waals surface area contributed by atoms with Crippen LogP contribution in [0.25, 0.3) is 5.57 Å². The Morgan fingerprint density at radius 1 is 0.963 bits per heavy atom. The van der Waals surface area contributed by atoms with Crippen molar-refractivity contribution in [1.82, 2.24) is 4.90 Å². The Labute approximate surface area is 156 Å². The molecule has 1 heterocycles. The molecule has 0 aliphatic carbocycles. The van der Waals surface area contributed by atoms with Crippen LogP contribution in [0.1, 0.15) is 12.5 Å². The second-order valence-electron chi connectivity index (χ2n) is 5.81. The quantitative estimate of drug-likeness (QED) is 0.792. The van der Waals surface area contributed by atoms with E-state index in [4.69, 9.17) is 9.47 Å². The fourth-order valence-electron chi connectivity index (χ4n) is 2.92. The van der Waals surface area contributed by atoms with Crippen LogP contribution in [0.3, 0.4) is 0 Å². The molecular weight excluding hydrogens is 351 g/mol. The highest BCUT2D eigenvalue weighted by molar-refractivity contribution is 6.36. The van der Waals surface area contributed by atoms with Gasteiger partial charge in [0.15, 0.2) is 11.5 Å². The molecule has 2 amide bonds. The molecule has 0 saturated carbocycles. The molecule has 1 N–H and O–H groups in total. The number of hydrogen-bond acceptors (Lipinski definition) is 5. The van der Waals surface area contributed by atoms with Crippen molar-refractivity contribution < 1.29 is 23.5 Å². The van der Waals surface area contributed by atoms with E-state index in [0.717, 1.165) is 4.90 Å². The number of amides is 2. The fourth-order valence-corrected chi connectivity index (χ4v) is 2.92. The number of halogens is 1. The van der Waals surface area contributed by atoms with Gasteiger partial charge < -0.3 is 14.8 Å². The maximum Gasteiger partial charge on any atom is 0.278 e. The van der Waals surface area contributed by atoms with Gasteiger partial charge >= 0.3 is 0 Å². The summed E-state index contributed by atoms with van der Waals surface area (Å²) in [6.07, 6.45) is 0. The van der Waals surface area contributed by atoms with Gasteiger partial charge in [-0.2, -0.15) is 0 Å². The third-order valence-electron chi connectivity index (χ3n) is 4.27. The zero-order valence-electron chi connectivity index (χ0n) is 15.2. The van der Waals surface area contributed by atoms with Crippen LogP contribution in [0.2, 0.25) is 0 Å². The van der Waals surface area contributed by atoms with Crippen molar-refractivity contribution in [3.05, 3.63) is 59.5 Å². The number of rotatable bonds is 6. The number of hydrogen-bond donors (Lipinski definition) is 1. The highest BCUT2D eigenvalue weighted by Crippen LogP contribution is 2.34. The van der Waals surface area contributed by atoms with Crippen molar-refractivity contribution in [1.29, 1.82) is 0 Å². The minimum Gasteiger partial charge on any atom is -0.493 e. The van der Waals surface area contributed by atoms with E-state index >= 15 is 0 Å². The molecule has 0 spiro atoms. The minimum absolute atomic E-state index is 0.140. The summed E-state index contributed by atoms with van der Waals surface area (Å²) in [4.78, 5) is 26.6. The van der Waals surface area contributed by atoms with Crippen LogP contribution in [-0.2, 0) is 9.59 Å². The van der Waals surface area contributed by atoms with Crippen LogP contribution in [-0.4, -0.2) is 37.5 Å². The van der Waals surface area contributed by atoms with Crippen molar-refractivity contribution in [2.75, 3.05) is 26.1 Å². The van der Waals surface area contributed by atoms with E-state index in [1.54, 1.807) is 25.1 Å². The molecule has 0 fully saturated rings. The Bertz CT molecular complexity index is 922. The Morgan fingerprint density at radius 2 is 1.63 bits per heavy atom. The normalized spacial score (nSPS) is 14.0. The lowest BCUT2D eigenvalue weighted by atomic mass is 10.0. The molecule has 3 rings (SSSR count). The summed E-state index contributed by atoms with van der Waals surface area (Å²) in [5, 5.41) is 3.01. The van der Waals surface area contributed by atoms with Crippen molar-refractivity contribution in [3.63, 3.8) is 0 Å². The van der Waals surface area contributed by atoms with E-state index in [1.807, 2.05) is 0 Å². The van der Waals surface area contributed by atoms with Gasteiger partial charge in [0.1, 0.15) is 11.5 Å². The van der Waals surface area contributed by atoms with E-state index in [1.165, 1.54) is 38.5 Å². The van der Waals surface area contributed by atoms with E-state index in [9.17, 15) is 14.0 Å². The topological polar surface area (TPSA) is 67.9 Å². The number of carbonyl (C=O) groups is 2. The average Bonchev–Trinajstić information content (AvgIpc) is 2.91. The number of nitrogens with zero attached hydrogens (tertiary/aromatic N) is 1. The van der Waals surface area contributed by atoms with Crippen molar-refractivity contribution >= 4 is 23.1 Å². The van der Waals surface area contributed by atoms with E-state index in [0.29, 0.717) is 22.7 Å². The molecule has 0 bridgehead atoms. The van der Waals surface area contributed by atoms with Gasteiger partial charge in [-0.1, -0.05) is 12.1 Å². The Hall–Kier alpha value is -3.35. The smallest absolute Gasteiger partial charge is 0.278 e. The highest BCUT2D eigenvalue weighted by Gasteiger charge is 2.38. The number of likely N-dealkylation sites (N-methyl/N-ethyl adjacent to an activating group) is 1. The molecular formula is C20H19FN2O4. The molecule has 0 atom stereocenters. The van der Waals surface area contributed by atoms with Gasteiger partial charge in [-0.3, -0.25) is 14.5 Å². The number of methoxy groups -OCH3 is 2. The van der Waals surface area contributed by atoms with Crippen molar-refractivity contribution in [2.45, 2.75) is 6.92 Å². The van der Waals surface area contributed by atoms with Crippen LogP contribution in [0, 0.1) is 5.82 Å². The van der Waals surface area contributed by atoms with E-state index in [2.05, 4.69) is 5.32 Å². The molecule has 1 aliphatic heterocycles. The number of nitrogens with one attached hydrogen (secondary N) is 1. The van der Waals surface area contributed by atoms with Crippen molar-refractivity contribution in [2.24, 2.45) is 0 Å². The minimum atomic E-state index is -0.434. The maximum absolute atomic E-state index is 13.3. The van der Waals surface area contributed by atoms with Gasteiger partial charge in [0.05, 0.1) is 19.8 Å². The molecule has 2 aromatic rings. The number of anilines is 1. The molecule has 1 aliphatic rings. The molecule has 0 radical (unpaired) electrons. The average molecular weight is 370 g/mol. The third kappa shape index (κ3) is 3.36. The van der Waals surface area contributed by atoms with Gasteiger partial charge in [-0.25, -0.2) is 4.39 Å². The van der Waals surface area contributed by atoms with Crippen LogP contribution in [0.4, 0.5) is 10.1 Å². The zero-order valence-corrected chi connectivity index (χ0v) is 15.2. The van der Waals surface area contributed by atoms with Crippen LogP contribution >= 0.6 is 0 Å². The Morgan fingerprint density at radius 3 is 2.22 bits per heavy atom. The molecule has 0 unspecified atom stereocenters. The standard InChI is InChI=1S/C20H19FN2O4/c1-4-23-19(24)17(12-5-7-13(21)8-6-12)18(20(23)25)22-14-9-10-15(26-2)16(11-14)27-3/h5-11,22H,4H2,1-3H3. The van der Waals surface area contributed by atoms with Crippen molar-refractivity contribution in [3.8, 4) is 11.5 Å². The van der Waals surface area contributed by atoms with Gasteiger partial charge in [0, 0.05) is 18.3 Å². The fraction of sp³-hybridized carbons (Fsp3) is 0.200. The van der Waals surface area contributed by atoms with E-state index < -0.39 is 17.6 Å². The first kappa shape index (κ1) is 18.4. The lowest BCUT2D eigenvalue weighted by Crippen LogP contribution is -2.32. The first-order chi connectivity index (χ1) is 13.0. The summed E-state index contributed by atoms with van der Waals surface area (Å²) < 4.78 is 23.7. The summed E-state index contributed by atoms with van der Waals surface area (Å²) >= 11 is 0. The van der Waals surface area contributed by atoms with Gasteiger partial charge in [0.2, 0.25) is 0 Å². The molecule has 0 saturated heterocycles. The molecule has 140 valence electrons. The number of imide groups is 1. The number of ether oxygens (including phenoxy) is 2. The van der Waals surface area contributed by atoms with Gasteiger partial charge in [-0.15, -0.1) is 0 Å². The van der Waals surface area contributed by atoms with Crippen LogP contribution in [0.5, 0.6) is 11.5 Å². The Kier molecular flexibility index (Phi) is 5.12. The van der Waals surface area contributed by atoms with Gasteiger partial charge in [0.25, 0.3) is 11.8 Å². The summed E-state index contributed by atoms with van der Waals surface area (Å²) in [6, 6.07) is 10.5. The summed E-state index contributed by atoms with van der Waals surface area (Å²) in [6.45, 7) is 1.96. The molecule has 2 aromatic carbocycles. The van der Waals surface area contributed by atoms with Crippen LogP contribution in [0.15, 0.2) is 48.2 Å². The largest absolute Gasteiger partial charge is 0.493 e. The summed E-state index contributed by atoms with van der Waals surface area (Å²) in [7, 11) is 3.03. The monoisotopic (exact) mass is 370 g/mol. The lowest BCUT2D eigenvalue weighted by Gasteiger charge is -2.13. The summed E-state index contributed by atoms with van der Waals surface area (Å²) in [5.41, 5.74) is 1.37. The van der Waals surface area contributed by atoms with E-state index in [-0.39, 0.29) is 17.8 Å². The molecule has 6 nitrogen and oxygen atoms in total.